The van der Waals surface area contributed by atoms with Gasteiger partial charge in [0.1, 0.15) is 5.75 Å². The smallest absolute Gasteiger partial charge is 0.306 e. The summed E-state index contributed by atoms with van der Waals surface area (Å²) in [5.74, 6) is -0.0559. The van der Waals surface area contributed by atoms with Gasteiger partial charge in [0.15, 0.2) is 6.61 Å². The fourth-order valence-electron chi connectivity index (χ4n) is 2.43. The van der Waals surface area contributed by atoms with Crippen molar-refractivity contribution in [2.75, 3.05) is 19.8 Å². The van der Waals surface area contributed by atoms with Gasteiger partial charge < -0.3 is 14.8 Å². The molecule has 0 radical (unpaired) electrons. The molecule has 0 spiro atoms. The number of nitrogens with one attached hydrogen (secondary N) is 1. The molecular formula is C21H24ClNO5S. The molecule has 1 aromatic carbocycles. The Morgan fingerprint density at radius 3 is 2.69 bits per heavy atom. The average molecular weight is 438 g/mol. The Kier molecular flexibility index (Phi) is 9.15. The standard InChI is InChI=1S/C21H24ClNO5S/c1-14-12-16(5-7-18(14)22)27-11-3-4-21(26)28-13-19(25)20-8-6-17(29-20)9-10-23-15(2)24/h5-8,12H,3-4,9-11,13H2,1-2H3,(H,23,24). The number of rotatable bonds is 11. The highest BCUT2D eigenvalue weighted by atomic mass is 35.5. The SMILES string of the molecule is CC(=O)NCCc1ccc(C(=O)COC(=O)CCCOc2ccc(Cl)c(C)c2)s1. The van der Waals surface area contributed by atoms with Crippen molar-refractivity contribution in [3.63, 3.8) is 0 Å². The molecule has 8 heteroatoms. The van der Waals surface area contributed by atoms with Gasteiger partial charge in [-0.25, -0.2) is 0 Å². The van der Waals surface area contributed by atoms with Gasteiger partial charge >= 0.3 is 5.97 Å². The number of ether oxygens (including phenoxy) is 2. The third-order valence-corrected chi connectivity index (χ3v) is 5.58. The van der Waals surface area contributed by atoms with E-state index in [0.29, 0.717) is 41.6 Å². The molecule has 1 amide bonds. The fraction of sp³-hybridized carbons (Fsp3) is 0.381. The lowest BCUT2D eigenvalue weighted by Crippen LogP contribution is -2.22. The second-order valence-electron chi connectivity index (χ2n) is 6.45. The summed E-state index contributed by atoms with van der Waals surface area (Å²) in [5.41, 5.74) is 0.925. The Labute approximate surface area is 179 Å². The van der Waals surface area contributed by atoms with Crippen molar-refractivity contribution in [1.29, 1.82) is 0 Å². The molecule has 0 aliphatic carbocycles. The van der Waals surface area contributed by atoms with E-state index in [4.69, 9.17) is 21.1 Å². The Bertz CT molecular complexity index is 865. The van der Waals surface area contributed by atoms with Crippen molar-refractivity contribution in [3.05, 3.63) is 50.7 Å². The zero-order valence-corrected chi connectivity index (χ0v) is 18.0. The van der Waals surface area contributed by atoms with E-state index in [1.54, 1.807) is 18.2 Å². The van der Waals surface area contributed by atoms with Crippen LogP contribution in [-0.4, -0.2) is 37.4 Å². The first-order chi connectivity index (χ1) is 13.8. The maximum absolute atomic E-state index is 12.1. The summed E-state index contributed by atoms with van der Waals surface area (Å²) in [6.45, 7) is 3.97. The molecule has 0 saturated heterocycles. The lowest BCUT2D eigenvalue weighted by atomic mass is 10.2. The summed E-state index contributed by atoms with van der Waals surface area (Å²) >= 11 is 7.31. The van der Waals surface area contributed by atoms with Crippen molar-refractivity contribution in [2.24, 2.45) is 0 Å². The number of amides is 1. The van der Waals surface area contributed by atoms with Crippen molar-refractivity contribution in [2.45, 2.75) is 33.1 Å². The number of thiophene rings is 1. The van der Waals surface area contributed by atoms with Crippen LogP contribution in [0.15, 0.2) is 30.3 Å². The lowest BCUT2D eigenvalue weighted by Gasteiger charge is -2.07. The minimum atomic E-state index is -0.434. The summed E-state index contributed by atoms with van der Waals surface area (Å²) in [6, 6.07) is 8.94. The first-order valence-electron chi connectivity index (χ1n) is 9.26. The van der Waals surface area contributed by atoms with E-state index in [-0.39, 0.29) is 24.7 Å². The molecule has 0 atom stereocenters. The Morgan fingerprint density at radius 2 is 1.97 bits per heavy atom. The highest BCUT2D eigenvalue weighted by Crippen LogP contribution is 2.21. The minimum Gasteiger partial charge on any atom is -0.494 e. The maximum Gasteiger partial charge on any atom is 0.306 e. The molecule has 1 heterocycles. The van der Waals surface area contributed by atoms with Crippen molar-refractivity contribution >= 4 is 40.6 Å². The van der Waals surface area contributed by atoms with Gasteiger partial charge in [0.25, 0.3) is 0 Å². The van der Waals surface area contributed by atoms with Crippen LogP contribution in [0.3, 0.4) is 0 Å². The molecule has 0 aliphatic heterocycles. The number of aryl methyl sites for hydroxylation is 1. The van der Waals surface area contributed by atoms with E-state index < -0.39 is 5.97 Å². The summed E-state index contributed by atoms with van der Waals surface area (Å²) in [4.78, 5) is 36.4. The maximum atomic E-state index is 12.1. The minimum absolute atomic E-state index is 0.0848. The molecular weight excluding hydrogens is 414 g/mol. The van der Waals surface area contributed by atoms with E-state index >= 15 is 0 Å². The summed E-state index contributed by atoms with van der Waals surface area (Å²) < 4.78 is 10.6. The zero-order valence-electron chi connectivity index (χ0n) is 16.5. The van der Waals surface area contributed by atoms with Gasteiger partial charge in [-0.3, -0.25) is 14.4 Å². The van der Waals surface area contributed by atoms with Gasteiger partial charge in [0.2, 0.25) is 11.7 Å². The number of hydrogen-bond donors (Lipinski definition) is 1. The van der Waals surface area contributed by atoms with Crippen LogP contribution < -0.4 is 10.1 Å². The molecule has 1 N–H and O–H groups in total. The third kappa shape index (κ3) is 8.25. The highest BCUT2D eigenvalue weighted by Gasteiger charge is 2.12. The number of benzene rings is 1. The Morgan fingerprint density at radius 1 is 1.17 bits per heavy atom. The Balaban J connectivity index is 1.64. The second-order valence-corrected chi connectivity index (χ2v) is 8.02. The summed E-state index contributed by atoms with van der Waals surface area (Å²) in [7, 11) is 0. The lowest BCUT2D eigenvalue weighted by molar-refractivity contribution is -0.142. The van der Waals surface area contributed by atoms with Crippen LogP contribution in [0, 0.1) is 6.92 Å². The quantitative estimate of drug-likeness (QED) is 0.326. The molecule has 0 unspecified atom stereocenters. The van der Waals surface area contributed by atoms with Gasteiger partial charge in [-0.1, -0.05) is 11.6 Å². The van der Waals surface area contributed by atoms with E-state index in [1.165, 1.54) is 18.3 Å². The van der Waals surface area contributed by atoms with Crippen LogP contribution in [-0.2, 0) is 20.7 Å². The number of carbonyl (C=O) groups is 3. The monoisotopic (exact) mass is 437 g/mol. The van der Waals surface area contributed by atoms with Gasteiger partial charge in [-0.2, -0.15) is 0 Å². The zero-order chi connectivity index (χ0) is 21.2. The molecule has 1 aromatic heterocycles. The molecule has 0 bridgehead atoms. The van der Waals surface area contributed by atoms with Gasteiger partial charge in [0, 0.05) is 29.8 Å². The molecule has 0 saturated carbocycles. The highest BCUT2D eigenvalue weighted by molar-refractivity contribution is 7.14. The number of halogens is 1. The van der Waals surface area contributed by atoms with E-state index in [0.717, 1.165) is 10.4 Å². The van der Waals surface area contributed by atoms with Crippen LogP contribution in [0.5, 0.6) is 5.75 Å². The summed E-state index contributed by atoms with van der Waals surface area (Å²) in [6.07, 6.45) is 1.32. The van der Waals surface area contributed by atoms with Gasteiger partial charge in [-0.05, 0) is 55.7 Å². The van der Waals surface area contributed by atoms with Crippen molar-refractivity contribution < 1.29 is 23.9 Å². The van der Waals surface area contributed by atoms with Crippen LogP contribution in [0.4, 0.5) is 0 Å². The Hall–Kier alpha value is -2.38. The van der Waals surface area contributed by atoms with E-state index in [9.17, 15) is 14.4 Å². The largest absolute Gasteiger partial charge is 0.494 e. The predicted octanol–water partition coefficient (Wildman–Crippen LogP) is 3.97. The number of ketones is 1. The summed E-state index contributed by atoms with van der Waals surface area (Å²) in [5, 5.41) is 3.39. The van der Waals surface area contributed by atoms with Crippen molar-refractivity contribution in [3.8, 4) is 5.75 Å². The molecule has 0 fully saturated rings. The first kappa shape index (κ1) is 22.9. The van der Waals surface area contributed by atoms with E-state index in [2.05, 4.69) is 5.32 Å². The molecule has 6 nitrogen and oxygen atoms in total. The number of hydrogen-bond acceptors (Lipinski definition) is 6. The van der Waals surface area contributed by atoms with Crippen molar-refractivity contribution in [1.82, 2.24) is 5.32 Å². The number of esters is 1. The number of carbonyl (C=O) groups excluding carboxylic acids is 3. The van der Waals surface area contributed by atoms with Gasteiger partial charge in [-0.15, -0.1) is 11.3 Å². The van der Waals surface area contributed by atoms with E-state index in [1.807, 2.05) is 19.1 Å². The molecule has 2 rings (SSSR count). The third-order valence-electron chi connectivity index (χ3n) is 3.97. The molecule has 29 heavy (non-hydrogen) atoms. The van der Waals surface area contributed by atoms with Crippen LogP contribution in [0.1, 0.15) is 39.9 Å². The van der Waals surface area contributed by atoms with Crippen LogP contribution in [0.25, 0.3) is 0 Å². The average Bonchev–Trinajstić information content (AvgIpc) is 3.14. The topological polar surface area (TPSA) is 81.7 Å². The number of Topliss-reactive ketones (excluding diaryl/α,β-unsaturated/α-hetero) is 1. The van der Waals surface area contributed by atoms with Gasteiger partial charge in [0.05, 0.1) is 11.5 Å². The molecule has 156 valence electrons. The predicted molar refractivity (Wildman–Crippen MR) is 113 cm³/mol. The first-order valence-corrected chi connectivity index (χ1v) is 10.5. The second kappa shape index (κ2) is 11.6. The van der Waals surface area contributed by atoms with Crippen LogP contribution >= 0.6 is 22.9 Å². The normalized spacial score (nSPS) is 10.4. The van der Waals surface area contributed by atoms with Crippen LogP contribution in [0.2, 0.25) is 5.02 Å². The molecule has 2 aromatic rings. The fourth-order valence-corrected chi connectivity index (χ4v) is 3.48. The molecule has 0 aliphatic rings.